The summed E-state index contributed by atoms with van der Waals surface area (Å²) < 4.78 is 35.9. The number of halogens is 1. The van der Waals surface area contributed by atoms with Gasteiger partial charge in [0.2, 0.25) is 10.0 Å². The van der Waals surface area contributed by atoms with E-state index in [1.165, 1.54) is 0 Å². The van der Waals surface area contributed by atoms with Gasteiger partial charge in [0.25, 0.3) is 0 Å². The first-order valence-electron chi connectivity index (χ1n) is 8.52. The number of nitrogens with two attached hydrogens (primary N) is 1. The number of hydrogen-bond acceptors (Lipinski definition) is 5. The molecule has 2 heterocycles. The van der Waals surface area contributed by atoms with Gasteiger partial charge in [-0.3, -0.25) is 0 Å². The quantitative estimate of drug-likeness (QED) is 0.579. The Hall–Kier alpha value is -1.71. The third-order valence-corrected chi connectivity index (χ3v) is 6.95. The van der Waals surface area contributed by atoms with Gasteiger partial charge in [-0.05, 0) is 50.8 Å². The van der Waals surface area contributed by atoms with Crippen LogP contribution in [0.25, 0.3) is 11.1 Å². The van der Waals surface area contributed by atoms with Crippen LogP contribution in [0, 0.1) is 0 Å². The largest absolute Gasteiger partial charge is 0.479 e. The number of methoxy groups -OCH3 is 1. The second-order valence-corrected chi connectivity index (χ2v) is 10.7. The number of ether oxygens (including phenoxy) is 2. The van der Waals surface area contributed by atoms with E-state index in [9.17, 15) is 8.42 Å². The Kier molecular flexibility index (Phi) is 5.32. The van der Waals surface area contributed by atoms with Crippen LogP contribution in [0.4, 0.5) is 0 Å². The molecule has 28 heavy (non-hydrogen) atoms. The average molecular weight is 480 g/mol. The smallest absolute Gasteiger partial charge is 0.213 e. The van der Waals surface area contributed by atoms with E-state index in [1.807, 2.05) is 48.5 Å². The fraction of sp³-hybridized carbons (Fsp3) is 0.200. The molecule has 1 atom stereocenters. The topological polar surface area (TPSA) is 78.6 Å². The lowest BCUT2D eigenvalue weighted by Crippen LogP contribution is -2.18. The summed E-state index contributed by atoms with van der Waals surface area (Å²) in [5.74, 6) is 0.573. The van der Waals surface area contributed by atoms with Crippen molar-refractivity contribution in [2.75, 3.05) is 7.11 Å². The minimum absolute atomic E-state index is 0.215. The molecule has 8 heteroatoms. The lowest BCUT2D eigenvalue weighted by atomic mass is 9.88. The molecular formula is C20H18BrNO4S2. The molecule has 0 amide bonds. The maximum Gasteiger partial charge on any atom is 0.213 e. The Balaban J connectivity index is 1.91. The highest BCUT2D eigenvalue weighted by Gasteiger charge is 2.30. The van der Waals surface area contributed by atoms with Gasteiger partial charge in [0.05, 0.1) is 21.0 Å². The predicted molar refractivity (Wildman–Crippen MR) is 114 cm³/mol. The fourth-order valence-corrected chi connectivity index (χ4v) is 5.62. The zero-order valence-corrected chi connectivity index (χ0v) is 18.2. The highest BCUT2D eigenvalue weighted by Crippen LogP contribution is 2.48. The van der Waals surface area contributed by atoms with E-state index < -0.39 is 10.0 Å². The zero-order valence-electron chi connectivity index (χ0n) is 15.0. The van der Waals surface area contributed by atoms with E-state index in [0.29, 0.717) is 12.2 Å². The van der Waals surface area contributed by atoms with Gasteiger partial charge in [-0.15, -0.1) is 11.3 Å². The number of thiophene rings is 1. The van der Waals surface area contributed by atoms with Crippen LogP contribution in [0.3, 0.4) is 0 Å². The van der Waals surface area contributed by atoms with Crippen LogP contribution < -0.4 is 9.88 Å². The molecule has 0 radical (unpaired) electrons. The Bertz CT molecular complexity index is 1140. The van der Waals surface area contributed by atoms with Crippen LogP contribution in [-0.4, -0.2) is 15.5 Å². The van der Waals surface area contributed by atoms with Crippen LogP contribution in [0.2, 0.25) is 0 Å². The van der Waals surface area contributed by atoms with E-state index in [4.69, 9.17) is 14.6 Å². The van der Waals surface area contributed by atoms with E-state index in [2.05, 4.69) is 15.9 Å². The molecule has 5 nitrogen and oxygen atoms in total. The zero-order chi connectivity index (χ0) is 19.9. The molecule has 0 aliphatic carbocycles. The molecule has 2 N–H and O–H groups in total. The van der Waals surface area contributed by atoms with Gasteiger partial charge in [-0.1, -0.05) is 30.3 Å². The number of primary sulfonamides is 1. The molecule has 4 rings (SSSR count). The molecule has 0 saturated carbocycles. The van der Waals surface area contributed by atoms with Crippen LogP contribution in [-0.2, 0) is 27.1 Å². The van der Waals surface area contributed by atoms with Gasteiger partial charge in [-0.2, -0.15) is 0 Å². The Morgan fingerprint density at radius 3 is 2.71 bits per heavy atom. The fourth-order valence-electron chi connectivity index (χ4n) is 3.51. The van der Waals surface area contributed by atoms with Crippen LogP contribution >= 0.6 is 27.3 Å². The third kappa shape index (κ3) is 3.88. The van der Waals surface area contributed by atoms with E-state index in [1.54, 1.807) is 18.4 Å². The summed E-state index contributed by atoms with van der Waals surface area (Å²) >= 11 is 5.10. The van der Waals surface area contributed by atoms with Crippen molar-refractivity contribution in [2.45, 2.75) is 18.5 Å². The first-order valence-corrected chi connectivity index (χ1v) is 11.8. The molecule has 0 spiro atoms. The van der Waals surface area contributed by atoms with Crippen molar-refractivity contribution in [3.05, 3.63) is 73.9 Å². The number of hydrogen-bond donors (Lipinski definition) is 1. The van der Waals surface area contributed by atoms with Crippen molar-refractivity contribution >= 4 is 37.3 Å². The summed E-state index contributed by atoms with van der Waals surface area (Å²) in [4.78, 5) is 1.03. The number of sulfonamides is 1. The highest BCUT2D eigenvalue weighted by molar-refractivity contribution is 9.11. The molecule has 0 bridgehead atoms. The lowest BCUT2D eigenvalue weighted by molar-refractivity contribution is 0.184. The molecule has 3 aromatic rings. The van der Waals surface area contributed by atoms with Crippen molar-refractivity contribution in [3.63, 3.8) is 0 Å². The molecular weight excluding hydrogens is 462 g/mol. The van der Waals surface area contributed by atoms with Gasteiger partial charge in [0, 0.05) is 18.2 Å². The van der Waals surface area contributed by atoms with Gasteiger partial charge in [-0.25, -0.2) is 13.6 Å². The van der Waals surface area contributed by atoms with Gasteiger partial charge < -0.3 is 9.47 Å². The van der Waals surface area contributed by atoms with Crippen molar-refractivity contribution in [3.8, 4) is 16.9 Å². The summed E-state index contributed by atoms with van der Waals surface area (Å²) in [6.07, 6.45) is -0.322. The Morgan fingerprint density at radius 1 is 1.21 bits per heavy atom. The van der Waals surface area contributed by atoms with Crippen LogP contribution in [0.5, 0.6) is 5.75 Å². The number of benzene rings is 2. The van der Waals surface area contributed by atoms with Crippen LogP contribution in [0.1, 0.15) is 27.7 Å². The monoisotopic (exact) mass is 479 g/mol. The molecule has 1 unspecified atom stereocenters. The van der Waals surface area contributed by atoms with Crippen molar-refractivity contribution < 1.29 is 17.9 Å². The molecule has 1 aromatic heterocycles. The molecule has 0 fully saturated rings. The van der Waals surface area contributed by atoms with E-state index in [-0.39, 0.29) is 11.9 Å². The number of rotatable bonds is 5. The predicted octanol–water partition coefficient (Wildman–Crippen LogP) is 4.59. The number of fused-ring (bicyclic) bond motifs is 3. The van der Waals surface area contributed by atoms with E-state index in [0.717, 1.165) is 36.7 Å². The lowest BCUT2D eigenvalue weighted by Gasteiger charge is -2.30. The average Bonchev–Trinajstić information content (AvgIpc) is 3.06. The summed E-state index contributed by atoms with van der Waals surface area (Å²) in [7, 11) is -1.97. The molecule has 1 aliphatic rings. The first kappa shape index (κ1) is 19.6. The Morgan fingerprint density at radius 2 is 2.04 bits per heavy atom. The summed E-state index contributed by atoms with van der Waals surface area (Å²) in [6, 6.07) is 15.5. The first-order chi connectivity index (χ1) is 13.4. The normalized spacial score (nSPS) is 15.6. The Labute approximate surface area is 176 Å². The standard InChI is InChI=1S/C20H18BrNO4S2/c1-25-10-13-3-2-4-16-19(13)14-6-5-12(11-28(22,23)24)9-15(14)20(26-16)17-7-8-18(21)27-17/h2-9,20H,10-11H2,1H3,(H2,22,23,24). The van der Waals surface area contributed by atoms with Gasteiger partial charge in [0.1, 0.15) is 5.75 Å². The highest BCUT2D eigenvalue weighted by atomic mass is 79.9. The third-order valence-electron chi connectivity index (χ3n) is 4.55. The summed E-state index contributed by atoms with van der Waals surface area (Å²) in [5.41, 5.74) is 4.57. The summed E-state index contributed by atoms with van der Waals surface area (Å²) in [6.45, 7) is 0.458. The molecule has 2 aromatic carbocycles. The van der Waals surface area contributed by atoms with E-state index >= 15 is 0 Å². The maximum absolute atomic E-state index is 11.6. The van der Waals surface area contributed by atoms with Gasteiger partial charge in [0.15, 0.2) is 6.10 Å². The molecule has 146 valence electrons. The van der Waals surface area contributed by atoms with Crippen LogP contribution in [0.15, 0.2) is 52.3 Å². The molecule has 1 aliphatic heterocycles. The van der Waals surface area contributed by atoms with Gasteiger partial charge >= 0.3 is 0 Å². The maximum atomic E-state index is 11.6. The van der Waals surface area contributed by atoms with Crippen molar-refractivity contribution in [1.82, 2.24) is 0 Å². The second-order valence-electron chi connectivity index (χ2n) is 6.59. The minimum Gasteiger partial charge on any atom is -0.479 e. The van der Waals surface area contributed by atoms with Crippen molar-refractivity contribution in [1.29, 1.82) is 0 Å². The summed E-state index contributed by atoms with van der Waals surface area (Å²) in [5, 5.41) is 5.25. The van der Waals surface area contributed by atoms with Crippen molar-refractivity contribution in [2.24, 2.45) is 5.14 Å². The molecule has 0 saturated heterocycles. The SMILES string of the molecule is COCc1cccc2c1-c1ccc(CS(N)(=O)=O)cc1C(c1ccc(Br)s1)O2. The minimum atomic E-state index is -3.62. The second kappa shape index (κ2) is 7.61.